The molecule has 0 aliphatic carbocycles. The topological polar surface area (TPSA) is 92.7 Å². The number of carbonyl (C=O) groups is 2. The summed E-state index contributed by atoms with van der Waals surface area (Å²) in [6.07, 6.45) is 4.18. The monoisotopic (exact) mass is 444 g/mol. The summed E-state index contributed by atoms with van der Waals surface area (Å²) in [5.41, 5.74) is 2.46. The van der Waals surface area contributed by atoms with Gasteiger partial charge in [-0.2, -0.15) is 0 Å². The first kappa shape index (κ1) is 22.6. The molecule has 160 valence electrons. The fourth-order valence-corrected chi connectivity index (χ4v) is 3.67. The lowest BCUT2D eigenvalue weighted by Crippen LogP contribution is -2.18. The summed E-state index contributed by atoms with van der Waals surface area (Å²) in [5.74, 6) is -0.962. The highest BCUT2D eigenvalue weighted by Gasteiger charge is 2.18. The van der Waals surface area contributed by atoms with Gasteiger partial charge in [0.05, 0.1) is 12.5 Å². The van der Waals surface area contributed by atoms with Crippen LogP contribution in [-0.2, 0) is 16.0 Å². The minimum absolute atomic E-state index is 0.121. The van der Waals surface area contributed by atoms with Crippen LogP contribution in [0.1, 0.15) is 30.2 Å². The third kappa shape index (κ3) is 5.34. The predicted molar refractivity (Wildman–Crippen MR) is 125 cm³/mol. The van der Waals surface area contributed by atoms with Gasteiger partial charge in [0.1, 0.15) is 5.82 Å². The number of thiazole rings is 1. The fourth-order valence-electron chi connectivity index (χ4n) is 2.92. The van der Waals surface area contributed by atoms with E-state index in [-0.39, 0.29) is 24.0 Å². The average molecular weight is 445 g/mol. The molecule has 2 aromatic heterocycles. The van der Waals surface area contributed by atoms with Gasteiger partial charge in [-0.25, -0.2) is 16.4 Å². The van der Waals surface area contributed by atoms with Gasteiger partial charge in [0.25, 0.3) is 6.54 Å². The molecule has 0 radical (unpaired) electrons. The minimum Gasteiger partial charge on any atom is -0.313 e. The molecule has 2 amide bonds. The predicted octanol–water partition coefficient (Wildman–Crippen LogP) is 4.92. The Hall–Kier alpha value is -4.08. The second-order valence-corrected chi connectivity index (χ2v) is 8.00. The van der Waals surface area contributed by atoms with Crippen molar-refractivity contribution in [2.24, 2.45) is 0 Å². The molecule has 0 saturated carbocycles. The lowest BCUT2D eigenvalue weighted by molar-refractivity contribution is -0.117. The molecule has 3 aromatic rings. The summed E-state index contributed by atoms with van der Waals surface area (Å²) in [6, 6.07) is 9.08. The van der Waals surface area contributed by atoms with E-state index in [4.69, 9.17) is 13.1 Å². The number of benzene rings is 1. The molecule has 0 aliphatic rings. The number of rotatable bonds is 7. The van der Waals surface area contributed by atoms with Crippen LogP contribution in [0.4, 0.5) is 16.6 Å². The normalized spacial score (nSPS) is 11.1. The Kier molecular flexibility index (Phi) is 7.27. The summed E-state index contributed by atoms with van der Waals surface area (Å²) in [6.45, 7) is 17.7. The molecule has 0 spiro atoms. The third-order valence-electron chi connectivity index (χ3n) is 4.71. The summed E-state index contributed by atoms with van der Waals surface area (Å²) in [7, 11) is 0. The summed E-state index contributed by atoms with van der Waals surface area (Å²) in [4.78, 5) is 40.3. The van der Waals surface area contributed by atoms with Crippen LogP contribution in [0.25, 0.3) is 20.8 Å². The van der Waals surface area contributed by atoms with E-state index in [1.54, 1.807) is 18.5 Å². The average Bonchev–Trinajstić information content (AvgIpc) is 3.26. The molecule has 0 bridgehead atoms. The van der Waals surface area contributed by atoms with Crippen molar-refractivity contribution in [2.75, 3.05) is 17.2 Å². The van der Waals surface area contributed by atoms with Gasteiger partial charge in [0.2, 0.25) is 11.6 Å². The highest BCUT2D eigenvalue weighted by molar-refractivity contribution is 7.15. The molecule has 32 heavy (non-hydrogen) atoms. The Balaban J connectivity index is 1.80. The summed E-state index contributed by atoms with van der Waals surface area (Å²) < 4.78 is 0. The van der Waals surface area contributed by atoms with Gasteiger partial charge < -0.3 is 15.5 Å². The molecule has 0 fully saturated rings. The smallest absolute Gasteiger partial charge is 0.304 e. The maximum atomic E-state index is 12.7. The van der Waals surface area contributed by atoms with Crippen LogP contribution >= 0.6 is 11.3 Å². The number of aryl methyl sites for hydroxylation is 1. The van der Waals surface area contributed by atoms with Crippen molar-refractivity contribution >= 4 is 39.8 Å². The van der Waals surface area contributed by atoms with Crippen molar-refractivity contribution in [3.8, 4) is 11.1 Å². The van der Waals surface area contributed by atoms with Gasteiger partial charge >= 0.3 is 5.91 Å². The molecule has 0 unspecified atom stereocenters. The first-order valence-electron chi connectivity index (χ1n) is 9.81. The number of pyridine rings is 1. The zero-order chi connectivity index (χ0) is 23.1. The molecule has 9 heteroatoms. The van der Waals surface area contributed by atoms with Gasteiger partial charge in [-0.15, -0.1) is 11.3 Å². The van der Waals surface area contributed by atoms with E-state index in [2.05, 4.69) is 30.3 Å². The van der Waals surface area contributed by atoms with Crippen molar-refractivity contribution in [1.82, 2.24) is 9.97 Å². The zero-order valence-corrected chi connectivity index (χ0v) is 18.4. The molecule has 0 aliphatic heterocycles. The second kappa shape index (κ2) is 10.3. The Bertz CT molecular complexity index is 1240. The first-order valence-corrected chi connectivity index (χ1v) is 10.6. The van der Waals surface area contributed by atoms with Gasteiger partial charge in [-0.3, -0.25) is 14.6 Å². The molecule has 1 atom stereocenters. The van der Waals surface area contributed by atoms with Crippen molar-refractivity contribution in [3.63, 3.8) is 0 Å². The van der Waals surface area contributed by atoms with Crippen LogP contribution in [-0.4, -0.2) is 28.3 Å². The van der Waals surface area contributed by atoms with Crippen LogP contribution in [0.3, 0.4) is 0 Å². The van der Waals surface area contributed by atoms with Gasteiger partial charge in [-0.05, 0) is 36.1 Å². The van der Waals surface area contributed by atoms with E-state index in [1.165, 1.54) is 11.3 Å². The molecule has 2 N–H and O–H groups in total. The van der Waals surface area contributed by atoms with Crippen LogP contribution in [0, 0.1) is 13.1 Å². The Morgan fingerprint density at radius 3 is 2.62 bits per heavy atom. The van der Waals surface area contributed by atoms with E-state index in [1.807, 2.05) is 38.1 Å². The molecule has 8 nitrogen and oxygen atoms in total. The highest BCUT2D eigenvalue weighted by Crippen LogP contribution is 2.31. The van der Waals surface area contributed by atoms with Gasteiger partial charge in [-0.1, -0.05) is 31.2 Å². The van der Waals surface area contributed by atoms with Crippen molar-refractivity contribution < 1.29 is 9.59 Å². The largest absolute Gasteiger partial charge is 0.313 e. The lowest BCUT2D eigenvalue weighted by atomic mass is 9.96. The summed E-state index contributed by atoms with van der Waals surface area (Å²) in [5, 5.41) is 5.92. The minimum atomic E-state index is -0.515. The number of nitrogens with one attached hydrogen (secondary N) is 2. The number of anilines is 2. The number of nitrogens with zero attached hydrogens (tertiary/aromatic N) is 4. The Labute approximate surface area is 190 Å². The van der Waals surface area contributed by atoms with E-state index in [0.29, 0.717) is 10.7 Å². The van der Waals surface area contributed by atoms with Crippen LogP contribution < -0.4 is 10.6 Å². The van der Waals surface area contributed by atoms with Crippen LogP contribution in [0.2, 0.25) is 0 Å². The Morgan fingerprint density at radius 1 is 1.12 bits per heavy atom. The number of amides is 2. The third-order valence-corrected chi connectivity index (χ3v) is 5.77. The second-order valence-electron chi connectivity index (χ2n) is 6.89. The van der Waals surface area contributed by atoms with Gasteiger partial charge in [0, 0.05) is 17.3 Å². The molecule has 2 heterocycles. The maximum absolute atomic E-state index is 12.7. The molecule has 1 aromatic carbocycles. The number of aromatic nitrogens is 2. The SMILES string of the molecule is [C-]#[N+]CC(=O)Nc1ncc(-c2cccc([C@H](C)C(=O)Nc3ncc(CC)s3)c2)cc1[N+]#[C-]. The molecular formula is C23H20N6O2S. The van der Waals surface area contributed by atoms with Crippen molar-refractivity contribution in [2.45, 2.75) is 26.2 Å². The van der Waals surface area contributed by atoms with Crippen LogP contribution in [0.15, 0.2) is 42.7 Å². The maximum Gasteiger partial charge on any atom is 0.304 e. The lowest BCUT2D eigenvalue weighted by Gasteiger charge is -2.13. The first-order chi connectivity index (χ1) is 15.4. The van der Waals surface area contributed by atoms with Crippen molar-refractivity contribution in [1.29, 1.82) is 0 Å². The van der Waals surface area contributed by atoms with Crippen molar-refractivity contribution in [3.05, 3.63) is 76.0 Å². The van der Waals surface area contributed by atoms with Gasteiger partial charge in [0.15, 0.2) is 5.13 Å². The number of hydrogen-bond acceptors (Lipinski definition) is 5. The summed E-state index contributed by atoms with van der Waals surface area (Å²) >= 11 is 1.46. The van der Waals surface area contributed by atoms with E-state index in [9.17, 15) is 9.59 Å². The van der Waals surface area contributed by atoms with E-state index < -0.39 is 11.8 Å². The number of carbonyl (C=O) groups excluding carboxylic acids is 2. The van der Waals surface area contributed by atoms with E-state index in [0.717, 1.165) is 22.4 Å². The zero-order valence-electron chi connectivity index (χ0n) is 17.5. The molecule has 0 saturated heterocycles. The quantitative estimate of drug-likeness (QED) is 0.506. The fraction of sp³-hybridized carbons (Fsp3) is 0.217. The molecular weight excluding hydrogens is 424 g/mol. The number of hydrogen-bond donors (Lipinski definition) is 2. The van der Waals surface area contributed by atoms with Crippen LogP contribution in [0.5, 0.6) is 0 Å². The molecule has 3 rings (SSSR count). The highest BCUT2D eigenvalue weighted by atomic mass is 32.1. The standard InChI is InChI=1S/C23H20N6O2S/c1-5-18-12-27-23(32-18)29-22(31)14(2)15-7-6-8-16(9-15)17-10-19(25-4)21(26-11-17)28-20(30)13-24-3/h6-12,14H,5,13H2,1-2H3,(H,26,28,30)(H,27,29,31)/t14-/m0/s1. The Morgan fingerprint density at radius 2 is 1.94 bits per heavy atom. The van der Waals surface area contributed by atoms with E-state index >= 15 is 0 Å².